The number of hydrogen-bond acceptors (Lipinski definition) is 5. The number of rotatable bonds is 9. The fourth-order valence-corrected chi connectivity index (χ4v) is 4.03. The minimum absolute atomic E-state index is 0.00451. The normalized spacial score (nSPS) is 11.6. The zero-order valence-corrected chi connectivity index (χ0v) is 18.1. The van der Waals surface area contributed by atoms with E-state index < -0.39 is 0 Å². The van der Waals surface area contributed by atoms with E-state index in [4.69, 9.17) is 9.47 Å². The van der Waals surface area contributed by atoms with Crippen molar-refractivity contribution in [1.29, 1.82) is 0 Å². The minimum Gasteiger partial charge on any atom is -0.494 e. The summed E-state index contributed by atoms with van der Waals surface area (Å²) in [5, 5.41) is 0. The first-order valence-corrected chi connectivity index (χ1v) is 11.0. The van der Waals surface area contributed by atoms with E-state index in [0.29, 0.717) is 29.3 Å². The Morgan fingerprint density at radius 2 is 1.90 bits per heavy atom. The topological polar surface area (TPSA) is 69.9 Å². The van der Waals surface area contributed by atoms with Gasteiger partial charge in [0.25, 0.3) is 5.91 Å². The Balaban J connectivity index is 1.89. The largest absolute Gasteiger partial charge is 0.494 e. The Hall–Kier alpha value is -2.93. The van der Waals surface area contributed by atoms with Gasteiger partial charge in [-0.15, -0.1) is 0 Å². The van der Waals surface area contributed by atoms with Gasteiger partial charge >= 0.3 is 5.97 Å². The van der Waals surface area contributed by atoms with Gasteiger partial charge < -0.3 is 14.0 Å². The minimum atomic E-state index is -0.377. The molecule has 0 saturated heterocycles. The maximum atomic E-state index is 12.8. The van der Waals surface area contributed by atoms with Gasteiger partial charge in [-0.1, -0.05) is 49.3 Å². The van der Waals surface area contributed by atoms with E-state index in [1.165, 1.54) is 11.3 Å². The van der Waals surface area contributed by atoms with Crippen molar-refractivity contribution >= 4 is 33.4 Å². The smallest absolute Gasteiger partial charge is 0.326 e. The highest BCUT2D eigenvalue weighted by Gasteiger charge is 2.13. The first-order chi connectivity index (χ1) is 14.6. The molecular weight excluding hydrogens is 400 g/mol. The van der Waals surface area contributed by atoms with Crippen LogP contribution in [0.4, 0.5) is 0 Å². The SMILES string of the molecule is CCCCCOc1cccc(C(=O)N=c2sc3ccccc3n2CC(=O)OCC)c1. The number of carbonyl (C=O) groups excluding carboxylic acids is 2. The number of esters is 1. The molecule has 158 valence electrons. The van der Waals surface area contributed by atoms with Gasteiger partial charge in [0, 0.05) is 5.56 Å². The summed E-state index contributed by atoms with van der Waals surface area (Å²) < 4.78 is 13.5. The molecule has 0 unspecified atom stereocenters. The summed E-state index contributed by atoms with van der Waals surface area (Å²) >= 11 is 1.37. The van der Waals surface area contributed by atoms with Gasteiger partial charge in [-0.25, -0.2) is 0 Å². The van der Waals surface area contributed by atoms with Gasteiger partial charge in [0.05, 0.1) is 23.4 Å². The number of amides is 1. The molecule has 0 aliphatic carbocycles. The second-order valence-electron chi connectivity index (χ2n) is 6.74. The maximum Gasteiger partial charge on any atom is 0.326 e. The molecule has 30 heavy (non-hydrogen) atoms. The number of aromatic nitrogens is 1. The Kier molecular flexibility index (Phi) is 7.79. The van der Waals surface area contributed by atoms with Gasteiger partial charge in [0.15, 0.2) is 4.80 Å². The van der Waals surface area contributed by atoms with Crippen LogP contribution in [0.15, 0.2) is 53.5 Å². The Morgan fingerprint density at radius 3 is 2.70 bits per heavy atom. The molecule has 1 heterocycles. The van der Waals surface area contributed by atoms with Crippen LogP contribution in [0.25, 0.3) is 10.2 Å². The van der Waals surface area contributed by atoms with Gasteiger partial charge in [0.2, 0.25) is 0 Å². The number of nitrogens with zero attached hydrogens (tertiary/aromatic N) is 2. The number of ether oxygens (including phenoxy) is 2. The van der Waals surface area contributed by atoms with Crippen molar-refractivity contribution in [2.75, 3.05) is 13.2 Å². The predicted octanol–water partition coefficient (Wildman–Crippen LogP) is 4.58. The van der Waals surface area contributed by atoms with Crippen molar-refractivity contribution in [3.05, 3.63) is 58.9 Å². The molecule has 0 bridgehead atoms. The van der Waals surface area contributed by atoms with E-state index in [0.717, 1.165) is 29.5 Å². The number of unbranched alkanes of at least 4 members (excludes halogenated alkanes) is 2. The van der Waals surface area contributed by atoms with Crippen LogP contribution in [0.3, 0.4) is 0 Å². The number of benzene rings is 2. The number of para-hydroxylation sites is 1. The molecule has 0 aliphatic heterocycles. The lowest BCUT2D eigenvalue weighted by atomic mass is 10.2. The summed E-state index contributed by atoms with van der Waals surface area (Å²) in [7, 11) is 0. The fourth-order valence-electron chi connectivity index (χ4n) is 3.01. The van der Waals surface area contributed by atoms with Crippen molar-refractivity contribution in [3.63, 3.8) is 0 Å². The molecule has 3 aromatic rings. The molecule has 7 heteroatoms. The average Bonchev–Trinajstić information content (AvgIpc) is 3.08. The van der Waals surface area contributed by atoms with Gasteiger partial charge in [0.1, 0.15) is 12.3 Å². The zero-order chi connectivity index (χ0) is 21.3. The summed E-state index contributed by atoms with van der Waals surface area (Å²) in [4.78, 5) is 29.7. The molecule has 3 rings (SSSR count). The first-order valence-electron chi connectivity index (χ1n) is 10.2. The molecule has 0 spiro atoms. The summed E-state index contributed by atoms with van der Waals surface area (Å²) in [6.45, 7) is 4.84. The van der Waals surface area contributed by atoms with Crippen LogP contribution in [-0.4, -0.2) is 29.7 Å². The highest BCUT2D eigenvalue weighted by atomic mass is 32.1. The molecule has 0 aliphatic rings. The highest BCUT2D eigenvalue weighted by Crippen LogP contribution is 2.18. The number of thiazole rings is 1. The fraction of sp³-hybridized carbons (Fsp3) is 0.348. The van der Waals surface area contributed by atoms with Crippen molar-refractivity contribution in [3.8, 4) is 5.75 Å². The number of hydrogen-bond donors (Lipinski definition) is 0. The third kappa shape index (κ3) is 5.57. The van der Waals surface area contributed by atoms with Crippen molar-refractivity contribution in [2.45, 2.75) is 39.7 Å². The molecule has 0 saturated carbocycles. The second kappa shape index (κ2) is 10.7. The molecule has 6 nitrogen and oxygen atoms in total. The van der Waals surface area contributed by atoms with Gasteiger partial charge in [-0.2, -0.15) is 4.99 Å². The second-order valence-corrected chi connectivity index (χ2v) is 7.75. The van der Waals surface area contributed by atoms with Crippen LogP contribution < -0.4 is 9.54 Å². The summed E-state index contributed by atoms with van der Waals surface area (Å²) in [6.07, 6.45) is 3.22. The van der Waals surface area contributed by atoms with Crippen molar-refractivity contribution < 1.29 is 19.1 Å². The van der Waals surface area contributed by atoms with E-state index >= 15 is 0 Å². The van der Waals surface area contributed by atoms with E-state index in [1.807, 2.05) is 30.3 Å². The lowest BCUT2D eigenvalue weighted by Gasteiger charge is -2.06. The Morgan fingerprint density at radius 1 is 1.07 bits per heavy atom. The zero-order valence-electron chi connectivity index (χ0n) is 17.3. The molecule has 2 aromatic carbocycles. The lowest BCUT2D eigenvalue weighted by Crippen LogP contribution is -2.23. The lowest BCUT2D eigenvalue weighted by molar-refractivity contribution is -0.143. The van der Waals surface area contributed by atoms with Gasteiger partial charge in [-0.3, -0.25) is 9.59 Å². The molecule has 0 atom stereocenters. The van der Waals surface area contributed by atoms with Crippen LogP contribution in [-0.2, 0) is 16.1 Å². The summed E-state index contributed by atoms with van der Waals surface area (Å²) in [6, 6.07) is 14.7. The number of fused-ring (bicyclic) bond motifs is 1. The maximum absolute atomic E-state index is 12.8. The highest BCUT2D eigenvalue weighted by molar-refractivity contribution is 7.16. The molecular formula is C23H26N2O4S. The third-order valence-electron chi connectivity index (χ3n) is 4.48. The van der Waals surface area contributed by atoms with Gasteiger partial charge in [-0.05, 0) is 43.7 Å². The Bertz CT molecular complexity index is 1080. The average molecular weight is 427 g/mol. The Labute approximate surface area is 179 Å². The van der Waals surface area contributed by atoms with E-state index in [9.17, 15) is 9.59 Å². The molecule has 0 N–H and O–H groups in total. The van der Waals surface area contributed by atoms with Crippen molar-refractivity contribution in [1.82, 2.24) is 4.57 Å². The predicted molar refractivity (Wildman–Crippen MR) is 118 cm³/mol. The van der Waals surface area contributed by atoms with Crippen LogP contribution >= 0.6 is 11.3 Å². The first kappa shape index (κ1) is 21.8. The van der Waals surface area contributed by atoms with Crippen LogP contribution in [0.5, 0.6) is 5.75 Å². The molecule has 0 radical (unpaired) electrons. The molecule has 0 fully saturated rings. The molecule has 1 amide bonds. The number of carbonyl (C=O) groups is 2. The van der Waals surface area contributed by atoms with E-state index in [-0.39, 0.29) is 18.4 Å². The van der Waals surface area contributed by atoms with E-state index in [1.54, 1.807) is 29.7 Å². The van der Waals surface area contributed by atoms with E-state index in [2.05, 4.69) is 11.9 Å². The van der Waals surface area contributed by atoms with Crippen LogP contribution in [0.1, 0.15) is 43.5 Å². The standard InChI is InChI=1S/C23H26N2O4S/c1-3-5-8-14-29-18-11-9-10-17(15-18)22(27)24-23-25(16-21(26)28-4-2)19-12-6-7-13-20(19)30-23/h6-7,9-13,15H,3-5,8,14,16H2,1-2H3. The monoisotopic (exact) mass is 426 g/mol. The van der Waals surface area contributed by atoms with Crippen LogP contribution in [0.2, 0.25) is 0 Å². The summed E-state index contributed by atoms with van der Waals surface area (Å²) in [5.41, 5.74) is 1.29. The quantitative estimate of drug-likeness (QED) is 0.371. The summed E-state index contributed by atoms with van der Waals surface area (Å²) in [5.74, 6) is -0.0847. The molecule has 1 aromatic heterocycles. The third-order valence-corrected chi connectivity index (χ3v) is 5.53. The van der Waals surface area contributed by atoms with Crippen molar-refractivity contribution in [2.24, 2.45) is 4.99 Å². The van der Waals surface area contributed by atoms with Crippen LogP contribution in [0, 0.1) is 0 Å².